The second-order valence-electron chi connectivity index (χ2n) is 3.59. The number of imide groups is 1. The Morgan fingerprint density at radius 1 is 1.33 bits per heavy atom. The molecular formula is C11H10BrClN2O2S. The first-order chi connectivity index (χ1) is 8.61. The molecule has 1 heterocycles. The zero-order valence-electron chi connectivity index (χ0n) is 9.23. The first-order valence-corrected chi connectivity index (χ1v) is 7.42. The molecule has 0 unspecified atom stereocenters. The third kappa shape index (κ3) is 2.99. The van der Waals surface area contributed by atoms with Gasteiger partial charge >= 0.3 is 0 Å². The van der Waals surface area contributed by atoms with Gasteiger partial charge < -0.3 is 5.32 Å². The molecule has 7 heteroatoms. The molecule has 1 aromatic carbocycles. The van der Waals surface area contributed by atoms with E-state index in [2.05, 4.69) is 21.2 Å². The minimum absolute atomic E-state index is 0.242. The standard InChI is InChI=1S/C11H10BrClN2O2S/c12-7-1-3-8(4-2-7)14-9-10(16)15(6-5-13)11(17)18-9/h1-4,9,14H,5-6H2/t9-/m0/s1. The molecule has 96 valence electrons. The van der Waals surface area contributed by atoms with E-state index in [9.17, 15) is 9.59 Å². The van der Waals surface area contributed by atoms with E-state index in [0.29, 0.717) is 0 Å². The quantitative estimate of drug-likeness (QED) is 0.849. The lowest BCUT2D eigenvalue weighted by molar-refractivity contribution is -0.126. The molecule has 0 aliphatic carbocycles. The van der Waals surface area contributed by atoms with Crippen molar-refractivity contribution in [2.24, 2.45) is 0 Å². The first-order valence-electron chi connectivity index (χ1n) is 5.22. The van der Waals surface area contributed by atoms with Gasteiger partial charge in [-0.3, -0.25) is 14.5 Å². The van der Waals surface area contributed by atoms with Crippen molar-refractivity contribution in [2.45, 2.75) is 5.37 Å². The minimum Gasteiger partial charge on any atom is -0.365 e. The van der Waals surface area contributed by atoms with Crippen LogP contribution in [0.3, 0.4) is 0 Å². The number of nitrogens with one attached hydrogen (secondary N) is 1. The predicted octanol–water partition coefficient (Wildman–Crippen LogP) is 3.12. The van der Waals surface area contributed by atoms with Crippen molar-refractivity contribution in [1.29, 1.82) is 0 Å². The van der Waals surface area contributed by atoms with Crippen molar-refractivity contribution < 1.29 is 9.59 Å². The van der Waals surface area contributed by atoms with Gasteiger partial charge in [0.1, 0.15) is 0 Å². The molecule has 0 saturated carbocycles. The maximum atomic E-state index is 11.9. The van der Waals surface area contributed by atoms with Crippen LogP contribution in [-0.4, -0.2) is 33.8 Å². The van der Waals surface area contributed by atoms with E-state index in [1.807, 2.05) is 24.3 Å². The molecule has 0 spiro atoms. The zero-order chi connectivity index (χ0) is 13.1. The number of benzene rings is 1. The highest BCUT2D eigenvalue weighted by atomic mass is 79.9. The number of amides is 2. The molecule has 0 radical (unpaired) electrons. The minimum atomic E-state index is -0.568. The van der Waals surface area contributed by atoms with Gasteiger partial charge in [0.15, 0.2) is 5.37 Å². The van der Waals surface area contributed by atoms with Crippen LogP contribution in [0.15, 0.2) is 28.7 Å². The number of alkyl halides is 1. The zero-order valence-corrected chi connectivity index (χ0v) is 12.4. The number of halogens is 2. The van der Waals surface area contributed by atoms with Gasteiger partial charge in [-0.25, -0.2) is 0 Å². The first kappa shape index (κ1) is 13.7. The number of anilines is 1. The highest BCUT2D eigenvalue weighted by molar-refractivity contribution is 9.10. The summed E-state index contributed by atoms with van der Waals surface area (Å²) in [4.78, 5) is 24.7. The monoisotopic (exact) mass is 348 g/mol. The van der Waals surface area contributed by atoms with E-state index in [1.54, 1.807) is 0 Å². The van der Waals surface area contributed by atoms with Crippen LogP contribution in [0.2, 0.25) is 0 Å². The number of carbonyl (C=O) groups excluding carboxylic acids is 2. The molecule has 18 heavy (non-hydrogen) atoms. The van der Waals surface area contributed by atoms with Gasteiger partial charge in [0.25, 0.3) is 11.1 Å². The van der Waals surface area contributed by atoms with Crippen LogP contribution in [0, 0.1) is 0 Å². The van der Waals surface area contributed by atoms with Gasteiger partial charge in [0, 0.05) is 22.6 Å². The normalized spacial score (nSPS) is 19.4. The highest BCUT2D eigenvalue weighted by Gasteiger charge is 2.39. The molecule has 0 aromatic heterocycles. The number of rotatable bonds is 4. The number of hydrogen-bond donors (Lipinski definition) is 1. The summed E-state index contributed by atoms with van der Waals surface area (Å²) in [6.45, 7) is 0.255. The molecule has 1 saturated heterocycles. The van der Waals surface area contributed by atoms with Crippen LogP contribution in [0.25, 0.3) is 0 Å². The summed E-state index contributed by atoms with van der Waals surface area (Å²) in [7, 11) is 0. The fourth-order valence-corrected chi connectivity index (χ4v) is 2.89. The van der Waals surface area contributed by atoms with E-state index >= 15 is 0 Å². The lowest BCUT2D eigenvalue weighted by atomic mass is 10.3. The van der Waals surface area contributed by atoms with Gasteiger partial charge in [-0.1, -0.05) is 15.9 Å². The van der Waals surface area contributed by atoms with Gasteiger partial charge in [0.05, 0.1) is 0 Å². The molecule has 2 amide bonds. The molecule has 1 N–H and O–H groups in total. The van der Waals surface area contributed by atoms with E-state index < -0.39 is 5.37 Å². The molecule has 1 aliphatic heterocycles. The van der Waals surface area contributed by atoms with Crippen LogP contribution >= 0.6 is 39.3 Å². The summed E-state index contributed by atoms with van der Waals surface area (Å²) < 4.78 is 0.957. The van der Waals surface area contributed by atoms with Crippen LogP contribution < -0.4 is 5.32 Å². The summed E-state index contributed by atoms with van der Waals surface area (Å²) in [6, 6.07) is 7.41. The summed E-state index contributed by atoms with van der Waals surface area (Å²) in [5.74, 6) is 0.0110. The molecule has 2 rings (SSSR count). The molecule has 1 atom stereocenters. The van der Waals surface area contributed by atoms with Crippen molar-refractivity contribution in [3.8, 4) is 0 Å². The largest absolute Gasteiger partial charge is 0.365 e. The topological polar surface area (TPSA) is 49.4 Å². The van der Waals surface area contributed by atoms with E-state index in [-0.39, 0.29) is 23.6 Å². The van der Waals surface area contributed by atoms with E-state index in [1.165, 1.54) is 4.90 Å². The van der Waals surface area contributed by atoms with Crippen molar-refractivity contribution >= 4 is 56.1 Å². The maximum absolute atomic E-state index is 11.9. The lowest BCUT2D eigenvalue weighted by Gasteiger charge is -2.13. The van der Waals surface area contributed by atoms with E-state index in [4.69, 9.17) is 11.6 Å². The summed E-state index contributed by atoms with van der Waals surface area (Å²) in [5, 5.41) is 2.20. The van der Waals surface area contributed by atoms with Crippen LogP contribution in [-0.2, 0) is 4.79 Å². The average molecular weight is 350 g/mol. The fourth-order valence-electron chi connectivity index (χ4n) is 1.52. The number of thioether (sulfide) groups is 1. The molecule has 0 bridgehead atoms. The van der Waals surface area contributed by atoms with Crippen LogP contribution in [0.1, 0.15) is 0 Å². The average Bonchev–Trinajstić information content (AvgIpc) is 2.60. The molecule has 1 aliphatic rings. The highest BCUT2D eigenvalue weighted by Crippen LogP contribution is 2.28. The molecule has 1 aromatic rings. The Morgan fingerprint density at radius 2 is 2.00 bits per heavy atom. The van der Waals surface area contributed by atoms with Gasteiger partial charge in [-0.05, 0) is 36.0 Å². The lowest BCUT2D eigenvalue weighted by Crippen LogP contribution is -2.35. The Bertz CT molecular complexity index is 469. The Balaban J connectivity index is 2.05. The Labute approximate surface area is 122 Å². The molecule has 1 fully saturated rings. The third-order valence-electron chi connectivity index (χ3n) is 2.38. The second-order valence-corrected chi connectivity index (χ2v) is 5.94. The van der Waals surface area contributed by atoms with Gasteiger partial charge in [-0.2, -0.15) is 0 Å². The number of carbonyl (C=O) groups is 2. The maximum Gasteiger partial charge on any atom is 0.290 e. The number of nitrogens with zero attached hydrogens (tertiary/aromatic N) is 1. The Hall–Kier alpha value is -0.720. The predicted molar refractivity (Wildman–Crippen MR) is 77.0 cm³/mol. The van der Waals surface area contributed by atoms with Crippen LogP contribution in [0.5, 0.6) is 0 Å². The van der Waals surface area contributed by atoms with Gasteiger partial charge in [0.2, 0.25) is 0 Å². The third-order valence-corrected chi connectivity index (χ3v) is 4.05. The number of hydrogen-bond acceptors (Lipinski definition) is 4. The Kier molecular flexibility index (Phi) is 4.53. The van der Waals surface area contributed by atoms with Crippen molar-refractivity contribution in [1.82, 2.24) is 4.90 Å². The summed E-state index contributed by atoms with van der Waals surface area (Å²) >= 11 is 9.87. The Morgan fingerprint density at radius 3 is 2.61 bits per heavy atom. The van der Waals surface area contributed by atoms with Crippen molar-refractivity contribution in [3.05, 3.63) is 28.7 Å². The second kappa shape index (κ2) is 5.95. The van der Waals surface area contributed by atoms with Gasteiger partial charge in [-0.15, -0.1) is 11.6 Å². The summed E-state index contributed by atoms with van der Waals surface area (Å²) in [6.07, 6.45) is 0. The van der Waals surface area contributed by atoms with Crippen molar-refractivity contribution in [2.75, 3.05) is 17.7 Å². The van der Waals surface area contributed by atoms with E-state index in [0.717, 1.165) is 21.9 Å². The molecule has 4 nitrogen and oxygen atoms in total. The smallest absolute Gasteiger partial charge is 0.290 e. The SMILES string of the molecule is O=C1S[C@H](Nc2ccc(Br)cc2)C(=O)N1CCCl. The summed E-state index contributed by atoms with van der Waals surface area (Å²) in [5.41, 5.74) is 0.796. The van der Waals surface area contributed by atoms with Crippen LogP contribution in [0.4, 0.5) is 10.5 Å². The fraction of sp³-hybridized carbons (Fsp3) is 0.273. The molecular weight excluding hydrogens is 340 g/mol. The van der Waals surface area contributed by atoms with Crippen molar-refractivity contribution in [3.63, 3.8) is 0 Å².